The smallest absolute Gasteiger partial charge is 0.322 e. The number of rotatable bonds is 5. The van der Waals surface area contributed by atoms with E-state index in [1.807, 2.05) is 45.0 Å². The first-order valence-electron chi connectivity index (χ1n) is 10.2. The van der Waals surface area contributed by atoms with Crippen LogP contribution in [0.5, 0.6) is 0 Å². The van der Waals surface area contributed by atoms with Crippen LogP contribution in [-0.2, 0) is 14.8 Å². The normalized spacial score (nSPS) is 19.6. The van der Waals surface area contributed by atoms with E-state index in [1.54, 1.807) is 0 Å². The molecule has 32 heavy (non-hydrogen) atoms. The summed E-state index contributed by atoms with van der Waals surface area (Å²) in [5.74, 6) is -0.197. The number of ether oxygens (including phenoxy) is 1. The number of benzene rings is 2. The van der Waals surface area contributed by atoms with E-state index >= 15 is 0 Å². The van der Waals surface area contributed by atoms with Gasteiger partial charge in [0.05, 0.1) is 17.1 Å². The minimum absolute atomic E-state index is 0.0430. The zero-order valence-corrected chi connectivity index (χ0v) is 18.8. The lowest BCUT2D eigenvalue weighted by molar-refractivity contribution is -0.0440. The van der Waals surface area contributed by atoms with Crippen molar-refractivity contribution in [3.8, 4) is 11.5 Å². The van der Waals surface area contributed by atoms with Crippen molar-refractivity contribution in [3.63, 3.8) is 0 Å². The molecule has 0 spiro atoms. The van der Waals surface area contributed by atoms with Crippen LogP contribution < -0.4 is 5.32 Å². The topological polar surface area (TPSA) is 115 Å². The van der Waals surface area contributed by atoms with E-state index < -0.39 is 15.9 Å². The maximum Gasteiger partial charge on any atom is 0.322 e. The Balaban J connectivity index is 1.45. The molecule has 1 aromatic heterocycles. The Kier molecular flexibility index (Phi) is 6.09. The highest BCUT2D eigenvalue weighted by Gasteiger charge is 2.32. The van der Waals surface area contributed by atoms with Gasteiger partial charge in [-0.3, -0.25) is 10.1 Å². The standard InChI is InChI=1S/C22H24N4O5S/c1-14-4-6-18(7-5-14)21-24-25-22(31-21)23-20(27)17-8-10-19(11-9-17)32(28,29)26-12-15(2)30-16(3)13-26/h4-11,15-16H,12-13H2,1-3H3,(H,23,25,27). The van der Waals surface area contributed by atoms with Gasteiger partial charge in [-0.2, -0.15) is 4.31 Å². The molecule has 1 amide bonds. The first kappa shape index (κ1) is 22.1. The van der Waals surface area contributed by atoms with E-state index in [9.17, 15) is 13.2 Å². The number of morpholine rings is 1. The number of amides is 1. The number of hydrogen-bond acceptors (Lipinski definition) is 7. The third-order valence-electron chi connectivity index (χ3n) is 5.08. The van der Waals surface area contributed by atoms with E-state index in [-0.39, 0.29) is 47.7 Å². The summed E-state index contributed by atoms with van der Waals surface area (Å²) in [7, 11) is -3.68. The molecule has 2 aromatic carbocycles. The summed E-state index contributed by atoms with van der Waals surface area (Å²) in [4.78, 5) is 12.7. The van der Waals surface area contributed by atoms with Crippen molar-refractivity contribution >= 4 is 21.9 Å². The molecule has 0 bridgehead atoms. The third-order valence-corrected chi connectivity index (χ3v) is 6.93. The highest BCUT2D eigenvalue weighted by molar-refractivity contribution is 7.89. The van der Waals surface area contributed by atoms with Crippen LogP contribution >= 0.6 is 0 Å². The van der Waals surface area contributed by atoms with Crippen LogP contribution in [0.15, 0.2) is 57.8 Å². The van der Waals surface area contributed by atoms with Crippen molar-refractivity contribution in [1.29, 1.82) is 0 Å². The van der Waals surface area contributed by atoms with E-state index in [1.165, 1.54) is 28.6 Å². The van der Waals surface area contributed by atoms with Gasteiger partial charge in [-0.15, -0.1) is 5.10 Å². The van der Waals surface area contributed by atoms with Crippen molar-refractivity contribution in [2.45, 2.75) is 37.9 Å². The second kappa shape index (κ2) is 8.81. The predicted octanol–water partition coefficient (Wildman–Crippen LogP) is 3.10. The van der Waals surface area contributed by atoms with E-state index in [2.05, 4.69) is 15.5 Å². The summed E-state index contributed by atoms with van der Waals surface area (Å²) in [6.07, 6.45) is -0.365. The van der Waals surface area contributed by atoms with Crippen molar-refractivity contribution in [1.82, 2.24) is 14.5 Å². The Morgan fingerprint density at radius 1 is 1.00 bits per heavy atom. The molecule has 1 aliphatic heterocycles. The fraction of sp³-hybridized carbons (Fsp3) is 0.318. The second-order valence-corrected chi connectivity index (χ2v) is 9.77. The zero-order valence-electron chi connectivity index (χ0n) is 18.0. The van der Waals surface area contributed by atoms with Gasteiger partial charge >= 0.3 is 6.01 Å². The molecular weight excluding hydrogens is 432 g/mol. The average molecular weight is 457 g/mol. The average Bonchev–Trinajstić information content (AvgIpc) is 3.22. The molecule has 2 atom stereocenters. The van der Waals surface area contributed by atoms with Crippen molar-refractivity contribution in [2.24, 2.45) is 0 Å². The molecule has 0 aliphatic carbocycles. The number of aromatic nitrogens is 2. The Morgan fingerprint density at radius 3 is 2.25 bits per heavy atom. The van der Waals surface area contributed by atoms with Crippen molar-refractivity contribution in [3.05, 3.63) is 59.7 Å². The van der Waals surface area contributed by atoms with Crippen LogP contribution in [0.25, 0.3) is 11.5 Å². The molecule has 1 aliphatic rings. The predicted molar refractivity (Wildman–Crippen MR) is 118 cm³/mol. The van der Waals surface area contributed by atoms with Crippen LogP contribution in [0.2, 0.25) is 0 Å². The molecule has 0 radical (unpaired) electrons. The number of nitrogens with zero attached hydrogens (tertiary/aromatic N) is 3. The van der Waals surface area contributed by atoms with Crippen LogP contribution in [0.4, 0.5) is 6.01 Å². The molecule has 1 fully saturated rings. The maximum absolute atomic E-state index is 12.9. The molecule has 10 heteroatoms. The number of carbonyl (C=O) groups excluding carboxylic acids is 1. The number of hydrogen-bond donors (Lipinski definition) is 1. The van der Waals surface area contributed by atoms with Gasteiger partial charge in [-0.05, 0) is 57.2 Å². The van der Waals surface area contributed by atoms with Gasteiger partial charge in [0.1, 0.15) is 0 Å². The number of aryl methyl sites for hydroxylation is 1. The Hall–Kier alpha value is -3.08. The lowest BCUT2D eigenvalue weighted by Crippen LogP contribution is -2.48. The maximum atomic E-state index is 12.9. The molecule has 3 aromatic rings. The van der Waals surface area contributed by atoms with Gasteiger partial charge in [-0.1, -0.05) is 22.8 Å². The Bertz CT molecular complexity index is 1200. The SMILES string of the molecule is Cc1ccc(-c2nnc(NC(=O)c3ccc(S(=O)(=O)N4CC(C)OC(C)C4)cc3)o2)cc1. The van der Waals surface area contributed by atoms with Gasteiger partial charge in [-0.25, -0.2) is 8.42 Å². The fourth-order valence-corrected chi connectivity index (χ4v) is 5.10. The van der Waals surface area contributed by atoms with Crippen LogP contribution in [0, 0.1) is 6.92 Å². The zero-order chi connectivity index (χ0) is 22.9. The fourth-order valence-electron chi connectivity index (χ4n) is 3.51. The second-order valence-electron chi connectivity index (χ2n) is 7.84. The lowest BCUT2D eigenvalue weighted by Gasteiger charge is -2.34. The number of carbonyl (C=O) groups is 1. The first-order chi connectivity index (χ1) is 15.2. The van der Waals surface area contributed by atoms with Crippen LogP contribution in [0.1, 0.15) is 29.8 Å². The molecule has 2 heterocycles. The van der Waals surface area contributed by atoms with Crippen LogP contribution in [-0.4, -0.2) is 54.1 Å². The third kappa shape index (κ3) is 4.72. The molecule has 0 saturated carbocycles. The van der Waals surface area contributed by atoms with Crippen molar-refractivity contribution in [2.75, 3.05) is 18.4 Å². The number of nitrogens with one attached hydrogen (secondary N) is 1. The summed E-state index contributed by atoms with van der Waals surface area (Å²) >= 11 is 0. The monoisotopic (exact) mass is 456 g/mol. The van der Waals surface area contributed by atoms with E-state index in [0.717, 1.165) is 11.1 Å². The Labute approximate surface area is 186 Å². The largest absolute Gasteiger partial charge is 0.403 e. The van der Waals surface area contributed by atoms with Gasteiger partial charge in [0.25, 0.3) is 5.91 Å². The molecule has 168 valence electrons. The summed E-state index contributed by atoms with van der Waals surface area (Å²) in [5.41, 5.74) is 2.11. The van der Waals surface area contributed by atoms with Crippen LogP contribution in [0.3, 0.4) is 0 Å². The number of sulfonamides is 1. The van der Waals surface area contributed by atoms with Gasteiger partial charge in [0.2, 0.25) is 15.9 Å². The molecule has 2 unspecified atom stereocenters. The van der Waals surface area contributed by atoms with E-state index in [4.69, 9.17) is 9.15 Å². The van der Waals surface area contributed by atoms with Gasteiger partial charge in [0, 0.05) is 24.2 Å². The molecule has 9 nitrogen and oxygen atoms in total. The van der Waals surface area contributed by atoms with Gasteiger partial charge in [0.15, 0.2) is 0 Å². The van der Waals surface area contributed by atoms with Gasteiger partial charge < -0.3 is 9.15 Å². The number of anilines is 1. The summed E-state index contributed by atoms with van der Waals surface area (Å²) in [6, 6.07) is 13.2. The highest BCUT2D eigenvalue weighted by Crippen LogP contribution is 2.23. The van der Waals surface area contributed by atoms with Crippen molar-refractivity contribution < 1.29 is 22.4 Å². The molecule has 1 saturated heterocycles. The Morgan fingerprint density at radius 2 is 1.62 bits per heavy atom. The highest BCUT2D eigenvalue weighted by atomic mass is 32.2. The summed E-state index contributed by atoms with van der Waals surface area (Å²) in [5, 5.41) is 10.3. The van der Waals surface area contributed by atoms with E-state index in [0.29, 0.717) is 0 Å². The first-order valence-corrected chi connectivity index (χ1v) is 11.6. The molecule has 4 rings (SSSR count). The summed E-state index contributed by atoms with van der Waals surface area (Å²) in [6.45, 7) is 6.23. The summed E-state index contributed by atoms with van der Waals surface area (Å²) < 4.78 is 38.4. The molecular formula is C22H24N4O5S. The lowest BCUT2D eigenvalue weighted by atomic mass is 10.1. The molecule has 1 N–H and O–H groups in total. The quantitative estimate of drug-likeness (QED) is 0.627. The minimum atomic E-state index is -3.68. The minimum Gasteiger partial charge on any atom is -0.403 e.